The molecule has 0 rings (SSSR count). The lowest BCUT2D eigenvalue weighted by Crippen LogP contribution is -2.45. The fourth-order valence-electron chi connectivity index (χ4n) is 0.513. The summed E-state index contributed by atoms with van der Waals surface area (Å²) in [6, 6.07) is 0. The Bertz CT molecular complexity index is 197. The molecule has 0 aromatic rings. The minimum Gasteiger partial charge on any atom is -0.466 e. The van der Waals surface area contributed by atoms with Crippen molar-refractivity contribution in [2.45, 2.75) is 32.4 Å². The minimum absolute atomic E-state index is 0.422. The van der Waals surface area contributed by atoms with E-state index in [1.54, 1.807) is 6.92 Å². The summed E-state index contributed by atoms with van der Waals surface area (Å²) < 4.78 is 4.40. The molecule has 0 saturated carbocycles. The van der Waals surface area contributed by atoms with E-state index in [2.05, 4.69) is 10.1 Å². The van der Waals surface area contributed by atoms with Gasteiger partial charge < -0.3 is 15.2 Å². The topological polar surface area (TPSA) is 58.6 Å². The van der Waals surface area contributed by atoms with Gasteiger partial charge in [0.2, 0.25) is 0 Å². The summed E-state index contributed by atoms with van der Waals surface area (Å²) in [7, 11) is 1.31. The molecule has 4 nitrogen and oxygen atoms in total. The molecule has 0 spiro atoms. The molecule has 0 heterocycles. The monoisotopic (exact) mass is 187 g/mol. The third-order valence-electron chi connectivity index (χ3n) is 1.92. The van der Waals surface area contributed by atoms with Gasteiger partial charge in [0.1, 0.15) is 0 Å². The molecule has 2 N–H and O–H groups in total. The van der Waals surface area contributed by atoms with Gasteiger partial charge >= 0.3 is 5.97 Å². The van der Waals surface area contributed by atoms with Crippen LogP contribution < -0.4 is 5.32 Å². The molecule has 0 saturated heterocycles. The third-order valence-corrected chi connectivity index (χ3v) is 1.92. The number of methoxy groups -OCH3 is 1. The van der Waals surface area contributed by atoms with Crippen molar-refractivity contribution in [3.05, 3.63) is 12.3 Å². The van der Waals surface area contributed by atoms with Crippen LogP contribution in [0.2, 0.25) is 0 Å². The summed E-state index contributed by atoms with van der Waals surface area (Å²) in [5.41, 5.74) is -0.454. The zero-order valence-corrected chi connectivity index (χ0v) is 8.50. The number of hydrogen-bond donors (Lipinski definition) is 2. The first kappa shape index (κ1) is 12.0. The quantitative estimate of drug-likeness (QED) is 0.495. The number of rotatable bonds is 4. The van der Waals surface area contributed by atoms with Crippen molar-refractivity contribution in [2.75, 3.05) is 7.11 Å². The Morgan fingerprint density at radius 3 is 2.54 bits per heavy atom. The van der Waals surface area contributed by atoms with E-state index in [0.29, 0.717) is 0 Å². The largest absolute Gasteiger partial charge is 0.466 e. The summed E-state index contributed by atoms with van der Waals surface area (Å²) in [5, 5.41) is 12.2. The first-order valence-electron chi connectivity index (χ1n) is 4.10. The van der Waals surface area contributed by atoms with Crippen LogP contribution in [0.1, 0.15) is 20.8 Å². The van der Waals surface area contributed by atoms with Crippen LogP contribution in [0.15, 0.2) is 12.3 Å². The molecular weight excluding hydrogens is 170 g/mol. The van der Waals surface area contributed by atoms with Crippen molar-refractivity contribution >= 4 is 5.97 Å². The van der Waals surface area contributed by atoms with Crippen LogP contribution in [0.25, 0.3) is 0 Å². The van der Waals surface area contributed by atoms with Gasteiger partial charge in [-0.2, -0.15) is 0 Å². The average molecular weight is 187 g/mol. The molecule has 4 heteroatoms. The number of ether oxygens (including phenoxy) is 1. The van der Waals surface area contributed by atoms with Crippen molar-refractivity contribution < 1.29 is 14.6 Å². The summed E-state index contributed by atoms with van der Waals surface area (Å²) in [6.07, 6.45) is 2.23. The fourth-order valence-corrected chi connectivity index (χ4v) is 0.513. The molecule has 0 aliphatic carbocycles. The summed E-state index contributed by atoms with van der Waals surface area (Å²) >= 11 is 0. The Labute approximate surface area is 78.6 Å². The van der Waals surface area contributed by atoms with E-state index in [9.17, 15) is 9.90 Å². The standard InChI is InChI=1S/C9H17NO3/c1-7(11)9(2,3)10-6-5-8(12)13-4/h5-7,10-11H,1-4H3/b6-5+. The average Bonchev–Trinajstić information content (AvgIpc) is 2.03. The van der Waals surface area contributed by atoms with Crippen LogP contribution in [-0.2, 0) is 9.53 Å². The molecule has 76 valence electrons. The van der Waals surface area contributed by atoms with Gasteiger partial charge in [0.05, 0.1) is 18.8 Å². The first-order valence-corrected chi connectivity index (χ1v) is 4.10. The Morgan fingerprint density at radius 1 is 1.62 bits per heavy atom. The molecule has 0 aromatic heterocycles. The van der Waals surface area contributed by atoms with E-state index in [-0.39, 0.29) is 0 Å². The Hall–Kier alpha value is -1.03. The van der Waals surface area contributed by atoms with Gasteiger partial charge in [0.15, 0.2) is 0 Å². The lowest BCUT2D eigenvalue weighted by Gasteiger charge is -2.28. The number of nitrogens with one attached hydrogen (secondary N) is 1. The molecule has 0 amide bonds. The van der Waals surface area contributed by atoms with E-state index >= 15 is 0 Å². The highest BCUT2D eigenvalue weighted by molar-refractivity contribution is 5.81. The Kier molecular flexibility index (Phi) is 4.48. The van der Waals surface area contributed by atoms with Crippen LogP contribution in [0.4, 0.5) is 0 Å². The van der Waals surface area contributed by atoms with Crippen LogP contribution in [-0.4, -0.2) is 29.8 Å². The lowest BCUT2D eigenvalue weighted by molar-refractivity contribution is -0.134. The molecule has 13 heavy (non-hydrogen) atoms. The van der Waals surface area contributed by atoms with Crippen molar-refractivity contribution in [3.8, 4) is 0 Å². The number of hydrogen-bond acceptors (Lipinski definition) is 4. The molecule has 0 aliphatic heterocycles. The van der Waals surface area contributed by atoms with Crippen LogP contribution >= 0.6 is 0 Å². The maximum atomic E-state index is 10.7. The van der Waals surface area contributed by atoms with Gasteiger partial charge in [-0.3, -0.25) is 0 Å². The lowest BCUT2D eigenvalue weighted by atomic mass is 9.99. The maximum absolute atomic E-state index is 10.7. The van der Waals surface area contributed by atoms with Crippen molar-refractivity contribution in [1.82, 2.24) is 5.32 Å². The minimum atomic E-state index is -0.505. The molecule has 0 aromatic carbocycles. The SMILES string of the molecule is COC(=O)/C=C/NC(C)(C)C(C)O. The predicted molar refractivity (Wildman–Crippen MR) is 50.1 cm³/mol. The van der Waals surface area contributed by atoms with Gasteiger partial charge in [-0.15, -0.1) is 0 Å². The van der Waals surface area contributed by atoms with E-state index in [0.717, 1.165) is 0 Å². The Balaban J connectivity index is 4.01. The highest BCUT2D eigenvalue weighted by atomic mass is 16.5. The second-order valence-corrected chi connectivity index (χ2v) is 3.40. The molecular formula is C9H17NO3. The summed E-state index contributed by atoms with van der Waals surface area (Å²) in [6.45, 7) is 5.34. The Morgan fingerprint density at radius 2 is 2.15 bits per heavy atom. The number of esters is 1. The van der Waals surface area contributed by atoms with Gasteiger partial charge in [0, 0.05) is 12.3 Å². The molecule has 1 unspecified atom stereocenters. The maximum Gasteiger partial charge on any atom is 0.331 e. The van der Waals surface area contributed by atoms with Crippen LogP contribution in [0, 0.1) is 0 Å². The van der Waals surface area contributed by atoms with Gasteiger partial charge in [-0.1, -0.05) is 0 Å². The number of carbonyl (C=O) groups excluding carboxylic acids is 1. The zero-order valence-electron chi connectivity index (χ0n) is 8.50. The van der Waals surface area contributed by atoms with Gasteiger partial charge in [0.25, 0.3) is 0 Å². The molecule has 1 atom stereocenters. The first-order chi connectivity index (χ1) is 5.90. The van der Waals surface area contributed by atoms with Gasteiger partial charge in [-0.25, -0.2) is 4.79 Å². The number of aliphatic hydroxyl groups is 1. The second-order valence-electron chi connectivity index (χ2n) is 3.40. The number of carbonyl (C=O) groups is 1. The van der Waals surface area contributed by atoms with Crippen LogP contribution in [0.5, 0.6) is 0 Å². The second kappa shape index (κ2) is 4.87. The van der Waals surface area contributed by atoms with E-state index in [1.165, 1.54) is 19.4 Å². The highest BCUT2D eigenvalue weighted by Gasteiger charge is 2.21. The summed E-state index contributed by atoms with van der Waals surface area (Å²) in [4.78, 5) is 10.7. The molecule has 0 radical (unpaired) electrons. The fraction of sp³-hybridized carbons (Fsp3) is 0.667. The smallest absolute Gasteiger partial charge is 0.331 e. The summed E-state index contributed by atoms with van der Waals surface area (Å²) in [5.74, 6) is -0.422. The zero-order chi connectivity index (χ0) is 10.5. The van der Waals surface area contributed by atoms with E-state index in [1.807, 2.05) is 13.8 Å². The molecule has 0 fully saturated rings. The predicted octanol–water partition coefficient (Wildman–Crippen LogP) is 0.422. The highest BCUT2D eigenvalue weighted by Crippen LogP contribution is 2.07. The molecule has 0 aliphatic rings. The van der Waals surface area contributed by atoms with Crippen molar-refractivity contribution in [2.24, 2.45) is 0 Å². The van der Waals surface area contributed by atoms with E-state index < -0.39 is 17.6 Å². The van der Waals surface area contributed by atoms with Crippen molar-refractivity contribution in [1.29, 1.82) is 0 Å². The van der Waals surface area contributed by atoms with Gasteiger partial charge in [-0.05, 0) is 20.8 Å². The normalized spacial score (nSPS) is 14.2. The van der Waals surface area contributed by atoms with Crippen molar-refractivity contribution in [3.63, 3.8) is 0 Å². The third kappa shape index (κ3) is 4.52. The van der Waals surface area contributed by atoms with Crippen LogP contribution in [0.3, 0.4) is 0 Å². The number of aliphatic hydroxyl groups excluding tert-OH is 1. The molecule has 0 bridgehead atoms. The van der Waals surface area contributed by atoms with E-state index in [4.69, 9.17) is 0 Å².